The fourth-order valence-corrected chi connectivity index (χ4v) is 3.98. The molecule has 3 aromatic rings. The van der Waals surface area contributed by atoms with E-state index in [1.807, 2.05) is 57.2 Å². The van der Waals surface area contributed by atoms with Crippen LogP contribution in [0.25, 0.3) is 10.6 Å². The highest BCUT2D eigenvalue weighted by Gasteiger charge is 2.26. The molecule has 7 heteroatoms. The van der Waals surface area contributed by atoms with Crippen molar-refractivity contribution in [2.45, 2.75) is 53.0 Å². The van der Waals surface area contributed by atoms with Crippen LogP contribution in [0.3, 0.4) is 0 Å². The van der Waals surface area contributed by atoms with Crippen LogP contribution in [0.15, 0.2) is 48.5 Å². The van der Waals surface area contributed by atoms with Gasteiger partial charge in [0.15, 0.2) is 0 Å². The summed E-state index contributed by atoms with van der Waals surface area (Å²) >= 11 is 1.30. The Morgan fingerprint density at radius 1 is 1.00 bits per heavy atom. The molecule has 0 aliphatic heterocycles. The van der Waals surface area contributed by atoms with Gasteiger partial charge in [-0.25, -0.2) is 0 Å². The van der Waals surface area contributed by atoms with Gasteiger partial charge in [0.25, 0.3) is 5.91 Å². The number of hydrogen-bond acceptors (Lipinski definition) is 5. The molecule has 0 spiro atoms. The zero-order chi connectivity index (χ0) is 23.5. The lowest BCUT2D eigenvalue weighted by Gasteiger charge is -2.22. The lowest BCUT2D eigenvalue weighted by molar-refractivity contribution is -0.118. The number of benzene rings is 2. The van der Waals surface area contributed by atoms with Crippen molar-refractivity contribution in [2.24, 2.45) is 5.92 Å². The summed E-state index contributed by atoms with van der Waals surface area (Å²) in [7, 11) is 0. The summed E-state index contributed by atoms with van der Waals surface area (Å²) < 4.78 is 0. The molecule has 6 nitrogen and oxygen atoms in total. The van der Waals surface area contributed by atoms with E-state index in [4.69, 9.17) is 0 Å². The molecular weight excluding hydrogens is 420 g/mol. The monoisotopic (exact) mass is 450 g/mol. The van der Waals surface area contributed by atoms with Gasteiger partial charge in [-0.2, -0.15) is 0 Å². The summed E-state index contributed by atoms with van der Waals surface area (Å²) in [6, 6.07) is 14.8. The first-order valence-electron chi connectivity index (χ1n) is 10.7. The van der Waals surface area contributed by atoms with Crippen LogP contribution in [0.1, 0.15) is 56.1 Å². The highest BCUT2D eigenvalue weighted by molar-refractivity contribution is 7.18. The number of carbonyl (C=O) groups excluding carboxylic acids is 2. The number of aromatic nitrogens is 2. The molecule has 1 heterocycles. The fraction of sp³-hybridized carbons (Fsp3) is 0.360. The van der Waals surface area contributed by atoms with Crippen molar-refractivity contribution in [3.8, 4) is 10.6 Å². The Morgan fingerprint density at radius 3 is 2.28 bits per heavy atom. The van der Waals surface area contributed by atoms with Gasteiger partial charge >= 0.3 is 0 Å². The van der Waals surface area contributed by atoms with E-state index in [9.17, 15) is 9.59 Å². The molecule has 32 heavy (non-hydrogen) atoms. The van der Waals surface area contributed by atoms with Gasteiger partial charge in [0.2, 0.25) is 11.0 Å². The highest BCUT2D eigenvalue weighted by Crippen LogP contribution is 2.27. The Kier molecular flexibility index (Phi) is 7.09. The largest absolute Gasteiger partial charge is 0.340 e. The molecule has 1 unspecified atom stereocenters. The van der Waals surface area contributed by atoms with Crippen molar-refractivity contribution in [3.05, 3.63) is 65.2 Å². The van der Waals surface area contributed by atoms with Gasteiger partial charge in [-0.1, -0.05) is 81.9 Å². The van der Waals surface area contributed by atoms with E-state index >= 15 is 0 Å². The molecule has 168 valence electrons. The van der Waals surface area contributed by atoms with Crippen molar-refractivity contribution in [1.29, 1.82) is 0 Å². The normalized spacial score (nSPS) is 12.5. The third-order valence-corrected chi connectivity index (χ3v) is 6.06. The number of carbonyl (C=O) groups is 2. The van der Waals surface area contributed by atoms with Gasteiger partial charge in [0.1, 0.15) is 11.0 Å². The van der Waals surface area contributed by atoms with Gasteiger partial charge in [-0.15, -0.1) is 10.2 Å². The van der Waals surface area contributed by atoms with E-state index in [-0.39, 0.29) is 23.1 Å². The van der Waals surface area contributed by atoms with Crippen LogP contribution >= 0.6 is 11.3 Å². The Morgan fingerprint density at radius 2 is 1.69 bits per heavy atom. The van der Waals surface area contributed by atoms with Crippen LogP contribution in [-0.2, 0) is 10.2 Å². The van der Waals surface area contributed by atoms with E-state index in [2.05, 4.69) is 41.6 Å². The average Bonchev–Trinajstić information content (AvgIpc) is 3.19. The van der Waals surface area contributed by atoms with Gasteiger partial charge in [0.05, 0.1) is 0 Å². The first-order valence-corrected chi connectivity index (χ1v) is 11.5. The van der Waals surface area contributed by atoms with Crippen molar-refractivity contribution in [2.75, 3.05) is 5.32 Å². The lowest BCUT2D eigenvalue weighted by atomic mass is 9.86. The Balaban J connectivity index is 1.69. The number of nitrogens with one attached hydrogen (secondary N) is 2. The Labute approximate surface area is 193 Å². The predicted octanol–water partition coefficient (Wildman–Crippen LogP) is 5.20. The second kappa shape index (κ2) is 9.61. The Bertz CT molecular complexity index is 1100. The maximum atomic E-state index is 12.9. The molecule has 3 rings (SSSR count). The summed E-state index contributed by atoms with van der Waals surface area (Å²) in [6.07, 6.45) is 0. The lowest BCUT2D eigenvalue weighted by Crippen LogP contribution is -2.47. The number of anilines is 1. The smallest absolute Gasteiger partial charge is 0.251 e. The number of amides is 2. The van der Waals surface area contributed by atoms with Crippen LogP contribution < -0.4 is 10.6 Å². The van der Waals surface area contributed by atoms with E-state index in [1.54, 1.807) is 12.1 Å². The molecule has 0 aliphatic rings. The standard InChI is InChI=1S/C25H30N4O2S/c1-15(2)20(26-21(30)17-10-12-19(13-11-17)25(4,5)6)22(31)27-24-29-28-23(32-24)18-9-7-8-16(3)14-18/h7-15,20H,1-6H3,(H,26,30)(H,27,29,31). The summed E-state index contributed by atoms with van der Waals surface area (Å²) in [5, 5.41) is 15.1. The van der Waals surface area contributed by atoms with Crippen LogP contribution in [0, 0.1) is 12.8 Å². The topological polar surface area (TPSA) is 84.0 Å². The zero-order valence-electron chi connectivity index (χ0n) is 19.4. The quantitative estimate of drug-likeness (QED) is 0.540. The SMILES string of the molecule is Cc1cccc(-c2nnc(NC(=O)C(NC(=O)c3ccc(C(C)(C)C)cc3)C(C)C)s2)c1. The van der Waals surface area contributed by atoms with Gasteiger partial charge < -0.3 is 5.32 Å². The third kappa shape index (κ3) is 5.79. The van der Waals surface area contributed by atoms with Crippen molar-refractivity contribution in [1.82, 2.24) is 15.5 Å². The first kappa shape index (κ1) is 23.6. The van der Waals surface area contributed by atoms with Crippen LogP contribution in [0.2, 0.25) is 0 Å². The molecule has 0 saturated carbocycles. The minimum Gasteiger partial charge on any atom is -0.340 e. The third-order valence-electron chi connectivity index (χ3n) is 5.17. The van der Waals surface area contributed by atoms with Crippen LogP contribution in [0.4, 0.5) is 5.13 Å². The zero-order valence-corrected chi connectivity index (χ0v) is 20.2. The summed E-state index contributed by atoms with van der Waals surface area (Å²) in [5.74, 6) is -0.694. The molecule has 0 saturated heterocycles. The number of hydrogen-bond donors (Lipinski definition) is 2. The maximum Gasteiger partial charge on any atom is 0.251 e. The van der Waals surface area contributed by atoms with E-state index in [0.717, 1.165) is 21.7 Å². The molecule has 2 aromatic carbocycles. The van der Waals surface area contributed by atoms with Crippen molar-refractivity contribution in [3.63, 3.8) is 0 Å². The molecular formula is C25H30N4O2S. The van der Waals surface area contributed by atoms with Crippen molar-refractivity contribution >= 4 is 28.3 Å². The molecule has 0 aliphatic carbocycles. The van der Waals surface area contributed by atoms with E-state index in [1.165, 1.54) is 11.3 Å². The molecule has 2 N–H and O–H groups in total. The molecule has 0 bridgehead atoms. The van der Waals surface area contributed by atoms with E-state index < -0.39 is 6.04 Å². The molecule has 0 fully saturated rings. The minimum atomic E-state index is -0.698. The summed E-state index contributed by atoms with van der Waals surface area (Å²) in [4.78, 5) is 25.7. The second-order valence-corrected chi connectivity index (χ2v) is 10.3. The van der Waals surface area contributed by atoms with Gasteiger partial charge in [0, 0.05) is 11.1 Å². The minimum absolute atomic E-state index is 0.00834. The Hall–Kier alpha value is -3.06. The average molecular weight is 451 g/mol. The molecule has 1 atom stereocenters. The molecule has 0 radical (unpaired) electrons. The molecule has 1 aromatic heterocycles. The van der Waals surface area contributed by atoms with Crippen LogP contribution in [0.5, 0.6) is 0 Å². The maximum absolute atomic E-state index is 12.9. The van der Waals surface area contributed by atoms with Gasteiger partial charge in [-0.3, -0.25) is 14.9 Å². The fourth-order valence-electron chi connectivity index (χ4n) is 3.23. The predicted molar refractivity (Wildman–Crippen MR) is 130 cm³/mol. The summed E-state index contributed by atoms with van der Waals surface area (Å²) in [6.45, 7) is 12.2. The van der Waals surface area contributed by atoms with Gasteiger partial charge in [-0.05, 0) is 42.0 Å². The second-order valence-electron chi connectivity index (χ2n) is 9.29. The first-order chi connectivity index (χ1) is 15.0. The van der Waals surface area contributed by atoms with Crippen molar-refractivity contribution < 1.29 is 9.59 Å². The van der Waals surface area contributed by atoms with Crippen LogP contribution in [-0.4, -0.2) is 28.1 Å². The number of rotatable bonds is 6. The number of aryl methyl sites for hydroxylation is 1. The molecule has 2 amide bonds. The number of nitrogens with zero attached hydrogens (tertiary/aromatic N) is 2. The highest BCUT2D eigenvalue weighted by atomic mass is 32.1. The van der Waals surface area contributed by atoms with E-state index in [0.29, 0.717) is 10.7 Å². The summed E-state index contributed by atoms with van der Waals surface area (Å²) in [5.41, 5.74) is 3.76.